The van der Waals surface area contributed by atoms with Gasteiger partial charge in [-0.15, -0.1) is 11.8 Å². The van der Waals surface area contributed by atoms with Gasteiger partial charge >= 0.3 is 0 Å². The average Bonchev–Trinajstić information content (AvgIpc) is 2.84. The summed E-state index contributed by atoms with van der Waals surface area (Å²) in [6, 6.07) is 7.78. The molecule has 106 valence electrons. The Labute approximate surface area is 127 Å². The third-order valence-electron chi connectivity index (χ3n) is 3.59. The van der Waals surface area contributed by atoms with Crippen LogP contribution in [0.25, 0.3) is 0 Å². The van der Waals surface area contributed by atoms with Crippen molar-refractivity contribution in [2.45, 2.75) is 23.5 Å². The normalized spacial score (nSPS) is 16.9. The lowest BCUT2D eigenvalue weighted by Crippen LogP contribution is -2.44. The fraction of sp³-hybridized carbons (Fsp3) is 0.429. The Kier molecular flexibility index (Phi) is 4.29. The van der Waals surface area contributed by atoms with Crippen molar-refractivity contribution in [1.29, 1.82) is 0 Å². The highest BCUT2D eigenvalue weighted by molar-refractivity contribution is 7.98. The summed E-state index contributed by atoms with van der Waals surface area (Å²) in [5.74, 6) is 3.07. The first kappa shape index (κ1) is 13.9. The average molecular weight is 310 g/mol. The summed E-state index contributed by atoms with van der Waals surface area (Å²) in [4.78, 5) is 5.53. The number of hydrogen-bond acceptors (Lipinski definition) is 5. The van der Waals surface area contributed by atoms with E-state index in [0.29, 0.717) is 17.6 Å². The molecule has 3 rings (SSSR count). The molecule has 0 aliphatic carbocycles. The third kappa shape index (κ3) is 3.00. The number of aromatic nitrogens is 2. The Balaban J connectivity index is 1.61. The van der Waals surface area contributed by atoms with Gasteiger partial charge in [0.25, 0.3) is 0 Å². The predicted octanol–water partition coefficient (Wildman–Crippen LogP) is 3.34. The SMILES string of the molecule is CC(c1nc(CSc2ccccc2Cl)no1)C1CNC1. The van der Waals surface area contributed by atoms with Crippen LogP contribution in [0.4, 0.5) is 0 Å². The zero-order chi connectivity index (χ0) is 13.9. The molecule has 0 spiro atoms. The molecule has 1 aliphatic rings. The third-order valence-corrected chi connectivity index (χ3v) is 5.10. The second kappa shape index (κ2) is 6.16. The lowest BCUT2D eigenvalue weighted by atomic mass is 9.89. The van der Waals surface area contributed by atoms with Gasteiger partial charge in [0, 0.05) is 10.8 Å². The quantitative estimate of drug-likeness (QED) is 0.859. The molecule has 0 saturated carbocycles. The first-order chi connectivity index (χ1) is 9.74. The fourth-order valence-electron chi connectivity index (χ4n) is 2.08. The summed E-state index contributed by atoms with van der Waals surface area (Å²) < 4.78 is 5.37. The number of rotatable bonds is 5. The highest BCUT2D eigenvalue weighted by atomic mass is 35.5. The molecule has 1 fully saturated rings. The molecule has 6 heteroatoms. The van der Waals surface area contributed by atoms with Crippen LogP contribution < -0.4 is 5.32 Å². The molecule has 2 heterocycles. The van der Waals surface area contributed by atoms with Crippen LogP contribution in [-0.4, -0.2) is 23.2 Å². The lowest BCUT2D eigenvalue weighted by Gasteiger charge is -2.30. The van der Waals surface area contributed by atoms with Crippen molar-refractivity contribution < 1.29 is 4.52 Å². The van der Waals surface area contributed by atoms with E-state index in [1.807, 2.05) is 24.3 Å². The Hall–Kier alpha value is -1.04. The Morgan fingerprint density at radius 3 is 2.95 bits per heavy atom. The molecule has 20 heavy (non-hydrogen) atoms. The van der Waals surface area contributed by atoms with Crippen LogP contribution in [0, 0.1) is 5.92 Å². The van der Waals surface area contributed by atoms with E-state index < -0.39 is 0 Å². The number of nitrogens with one attached hydrogen (secondary N) is 1. The van der Waals surface area contributed by atoms with Crippen molar-refractivity contribution in [2.75, 3.05) is 13.1 Å². The van der Waals surface area contributed by atoms with E-state index in [1.165, 1.54) is 0 Å². The van der Waals surface area contributed by atoms with E-state index in [-0.39, 0.29) is 0 Å². The van der Waals surface area contributed by atoms with E-state index in [2.05, 4.69) is 22.4 Å². The van der Waals surface area contributed by atoms with E-state index in [9.17, 15) is 0 Å². The molecule has 1 aliphatic heterocycles. The number of nitrogens with zero attached hydrogens (tertiary/aromatic N) is 2. The minimum Gasteiger partial charge on any atom is -0.339 e. The first-order valence-corrected chi connectivity index (χ1v) is 8.01. The van der Waals surface area contributed by atoms with Gasteiger partial charge in [-0.05, 0) is 31.1 Å². The molecule has 1 aromatic carbocycles. The number of hydrogen-bond donors (Lipinski definition) is 1. The Bertz CT molecular complexity index is 585. The molecule has 1 aromatic heterocycles. The molecular weight excluding hydrogens is 294 g/mol. The standard InChI is InChI=1S/C14H16ClN3OS/c1-9(10-6-16-7-10)14-17-13(18-19-14)8-20-12-5-3-2-4-11(12)15/h2-5,9-10,16H,6-8H2,1H3. The highest BCUT2D eigenvalue weighted by Crippen LogP contribution is 2.30. The summed E-state index contributed by atoms with van der Waals surface area (Å²) >= 11 is 7.75. The largest absolute Gasteiger partial charge is 0.339 e. The maximum atomic E-state index is 6.12. The lowest BCUT2D eigenvalue weighted by molar-refractivity contribution is 0.252. The van der Waals surface area contributed by atoms with Gasteiger partial charge in [-0.2, -0.15) is 4.98 Å². The zero-order valence-electron chi connectivity index (χ0n) is 11.2. The van der Waals surface area contributed by atoms with Crippen LogP contribution in [0.3, 0.4) is 0 Å². The van der Waals surface area contributed by atoms with Crippen molar-refractivity contribution >= 4 is 23.4 Å². The zero-order valence-corrected chi connectivity index (χ0v) is 12.7. The van der Waals surface area contributed by atoms with Crippen LogP contribution >= 0.6 is 23.4 Å². The van der Waals surface area contributed by atoms with Crippen molar-refractivity contribution in [3.05, 3.63) is 41.0 Å². The maximum Gasteiger partial charge on any atom is 0.229 e. The van der Waals surface area contributed by atoms with Crippen LogP contribution in [0.2, 0.25) is 5.02 Å². The minimum atomic E-state index is 0.322. The van der Waals surface area contributed by atoms with Gasteiger partial charge in [-0.25, -0.2) is 0 Å². The molecule has 1 N–H and O–H groups in total. The van der Waals surface area contributed by atoms with Gasteiger partial charge in [-0.3, -0.25) is 0 Å². The van der Waals surface area contributed by atoms with Crippen LogP contribution in [0.15, 0.2) is 33.7 Å². The molecule has 1 unspecified atom stereocenters. The number of thioether (sulfide) groups is 1. The molecule has 2 aromatic rings. The molecule has 1 atom stereocenters. The molecule has 0 amide bonds. The van der Waals surface area contributed by atoms with Crippen LogP contribution in [0.1, 0.15) is 24.6 Å². The highest BCUT2D eigenvalue weighted by Gasteiger charge is 2.28. The molecule has 1 saturated heterocycles. The monoisotopic (exact) mass is 309 g/mol. The Morgan fingerprint density at radius 1 is 1.45 bits per heavy atom. The van der Waals surface area contributed by atoms with Gasteiger partial charge in [0.1, 0.15) is 0 Å². The summed E-state index contributed by atoms with van der Waals surface area (Å²) in [6.45, 7) is 4.21. The van der Waals surface area contributed by atoms with Gasteiger partial charge in [0.05, 0.1) is 10.8 Å². The second-order valence-corrected chi connectivity index (χ2v) is 6.40. The van der Waals surface area contributed by atoms with Crippen molar-refractivity contribution in [2.24, 2.45) is 5.92 Å². The molecular formula is C14H16ClN3OS. The van der Waals surface area contributed by atoms with E-state index in [4.69, 9.17) is 16.1 Å². The van der Waals surface area contributed by atoms with Gasteiger partial charge < -0.3 is 9.84 Å². The number of benzene rings is 1. The van der Waals surface area contributed by atoms with Crippen molar-refractivity contribution in [3.8, 4) is 0 Å². The van der Waals surface area contributed by atoms with E-state index in [0.717, 1.165) is 34.7 Å². The number of halogens is 1. The smallest absolute Gasteiger partial charge is 0.229 e. The van der Waals surface area contributed by atoms with Crippen LogP contribution in [-0.2, 0) is 5.75 Å². The summed E-state index contributed by atoms with van der Waals surface area (Å²) in [7, 11) is 0. The van der Waals surface area contributed by atoms with Crippen LogP contribution in [0.5, 0.6) is 0 Å². The topological polar surface area (TPSA) is 51.0 Å². The van der Waals surface area contributed by atoms with Crippen molar-refractivity contribution in [1.82, 2.24) is 15.5 Å². The summed E-state index contributed by atoms with van der Waals surface area (Å²) in [5.41, 5.74) is 0. The maximum absolute atomic E-state index is 6.12. The predicted molar refractivity (Wildman–Crippen MR) is 80.1 cm³/mol. The van der Waals surface area contributed by atoms with Crippen molar-refractivity contribution in [3.63, 3.8) is 0 Å². The second-order valence-electron chi connectivity index (χ2n) is 4.97. The summed E-state index contributed by atoms with van der Waals surface area (Å²) in [6.07, 6.45) is 0. The van der Waals surface area contributed by atoms with E-state index >= 15 is 0 Å². The van der Waals surface area contributed by atoms with Gasteiger partial charge in [0.2, 0.25) is 5.89 Å². The molecule has 0 radical (unpaired) electrons. The van der Waals surface area contributed by atoms with E-state index in [1.54, 1.807) is 11.8 Å². The Morgan fingerprint density at radius 2 is 2.25 bits per heavy atom. The fourth-order valence-corrected chi connectivity index (χ4v) is 3.16. The van der Waals surface area contributed by atoms with Gasteiger partial charge in [-0.1, -0.05) is 35.8 Å². The molecule has 4 nitrogen and oxygen atoms in total. The first-order valence-electron chi connectivity index (χ1n) is 6.64. The molecule has 0 bridgehead atoms. The van der Waals surface area contributed by atoms with Gasteiger partial charge in [0.15, 0.2) is 5.82 Å². The summed E-state index contributed by atoms with van der Waals surface area (Å²) in [5, 5.41) is 8.07. The minimum absolute atomic E-state index is 0.322.